The van der Waals surface area contributed by atoms with Crippen molar-refractivity contribution in [2.75, 3.05) is 19.6 Å². The summed E-state index contributed by atoms with van der Waals surface area (Å²) in [5.41, 5.74) is 5.46. The van der Waals surface area contributed by atoms with E-state index in [2.05, 4.69) is 5.32 Å². The van der Waals surface area contributed by atoms with Crippen molar-refractivity contribution in [2.45, 2.75) is 77.0 Å². The molecule has 114 valence electrons. The lowest BCUT2D eigenvalue weighted by Crippen LogP contribution is -2.16. The van der Waals surface area contributed by atoms with Crippen LogP contribution in [-0.4, -0.2) is 25.8 Å². The summed E-state index contributed by atoms with van der Waals surface area (Å²) >= 11 is 0. The van der Waals surface area contributed by atoms with Crippen LogP contribution in [0.3, 0.4) is 0 Å². The minimum atomic E-state index is 0.850. The predicted octanol–water partition coefficient (Wildman–Crippen LogP) is 3.87. The molecule has 4 N–H and O–H groups in total. The first-order valence-electron chi connectivity index (χ1n) is 8.31. The van der Waals surface area contributed by atoms with Gasteiger partial charge in [0.1, 0.15) is 0 Å². The van der Waals surface area contributed by atoms with Gasteiger partial charge in [0.05, 0.1) is 0 Å². The Hall–Kier alpha value is -0.410. The molecule has 0 spiro atoms. The second-order valence-corrected chi connectivity index (χ2v) is 5.42. The third-order valence-corrected chi connectivity index (χ3v) is 3.51. The second-order valence-electron chi connectivity index (χ2n) is 5.42. The Morgan fingerprint density at radius 2 is 1.16 bits per heavy atom. The first-order valence-corrected chi connectivity index (χ1v) is 8.31. The molecule has 0 aliphatic rings. The molecule has 3 heteroatoms. The van der Waals surface area contributed by atoms with Crippen LogP contribution in [-0.2, 0) is 0 Å². The summed E-state index contributed by atoms with van der Waals surface area (Å²) in [5, 5.41) is 10.5. The van der Waals surface area contributed by atoms with Crippen LogP contribution in [0.4, 0.5) is 0 Å². The van der Waals surface area contributed by atoms with Crippen molar-refractivity contribution in [2.24, 2.45) is 5.73 Å². The van der Waals surface area contributed by atoms with Crippen LogP contribution in [0.5, 0.6) is 0 Å². The molecule has 0 bridgehead atoms. The smallest absolute Gasteiger partial charge is 0.00477 e. The molecule has 0 atom stereocenters. The SMILES string of the molecule is N=CCCCCCCCNCCCCCCCCN. The third-order valence-electron chi connectivity index (χ3n) is 3.51. The van der Waals surface area contributed by atoms with Crippen LogP contribution in [0.2, 0.25) is 0 Å². The van der Waals surface area contributed by atoms with Gasteiger partial charge in [0.2, 0.25) is 0 Å². The largest absolute Gasteiger partial charge is 0.330 e. The van der Waals surface area contributed by atoms with E-state index in [0.717, 1.165) is 13.0 Å². The van der Waals surface area contributed by atoms with Crippen molar-refractivity contribution in [3.63, 3.8) is 0 Å². The lowest BCUT2D eigenvalue weighted by molar-refractivity contribution is 0.544. The minimum absolute atomic E-state index is 0.850. The van der Waals surface area contributed by atoms with Gasteiger partial charge in [-0.1, -0.05) is 44.9 Å². The summed E-state index contributed by atoms with van der Waals surface area (Å²) in [6.45, 7) is 3.21. The van der Waals surface area contributed by atoms with Crippen LogP contribution in [0.15, 0.2) is 0 Å². The van der Waals surface area contributed by atoms with E-state index in [1.54, 1.807) is 0 Å². The molecule has 0 rings (SSSR count). The summed E-state index contributed by atoms with van der Waals surface area (Å²) in [6, 6.07) is 0. The Bertz CT molecular complexity index is 171. The van der Waals surface area contributed by atoms with Gasteiger partial charge in [0.25, 0.3) is 0 Å². The molecular formula is C16H35N3. The van der Waals surface area contributed by atoms with Gasteiger partial charge in [-0.15, -0.1) is 0 Å². The summed E-state index contributed by atoms with van der Waals surface area (Å²) in [5.74, 6) is 0. The Balaban J connectivity index is 2.89. The second kappa shape index (κ2) is 17.6. The topological polar surface area (TPSA) is 61.9 Å². The maximum atomic E-state index is 6.94. The molecule has 0 fully saturated rings. The van der Waals surface area contributed by atoms with Gasteiger partial charge in [-0.25, -0.2) is 0 Å². The Labute approximate surface area is 120 Å². The third kappa shape index (κ3) is 17.6. The maximum Gasteiger partial charge on any atom is -0.00477 e. The highest BCUT2D eigenvalue weighted by molar-refractivity contribution is 5.52. The number of hydrogen-bond donors (Lipinski definition) is 3. The number of nitrogens with one attached hydrogen (secondary N) is 2. The van der Waals surface area contributed by atoms with Gasteiger partial charge in [0, 0.05) is 0 Å². The van der Waals surface area contributed by atoms with E-state index in [9.17, 15) is 0 Å². The fourth-order valence-corrected chi connectivity index (χ4v) is 2.25. The molecule has 0 saturated carbocycles. The first kappa shape index (κ1) is 18.6. The Morgan fingerprint density at radius 1 is 0.684 bits per heavy atom. The molecule has 0 aromatic rings. The molecule has 3 nitrogen and oxygen atoms in total. The van der Waals surface area contributed by atoms with Crippen LogP contribution in [0, 0.1) is 5.41 Å². The van der Waals surface area contributed by atoms with Gasteiger partial charge in [-0.3, -0.25) is 0 Å². The number of hydrogen-bond acceptors (Lipinski definition) is 3. The molecule has 0 aromatic carbocycles. The Kier molecular flexibility index (Phi) is 17.2. The summed E-state index contributed by atoms with van der Waals surface area (Å²) in [4.78, 5) is 0. The monoisotopic (exact) mass is 269 g/mol. The van der Waals surface area contributed by atoms with Gasteiger partial charge in [-0.2, -0.15) is 0 Å². The van der Waals surface area contributed by atoms with E-state index < -0.39 is 0 Å². The van der Waals surface area contributed by atoms with E-state index in [1.807, 2.05) is 0 Å². The first-order chi connectivity index (χ1) is 9.41. The lowest BCUT2D eigenvalue weighted by atomic mass is 10.1. The molecule has 0 aliphatic heterocycles. The van der Waals surface area contributed by atoms with E-state index in [1.165, 1.54) is 89.9 Å². The van der Waals surface area contributed by atoms with Gasteiger partial charge in [-0.05, 0) is 58.0 Å². The molecular weight excluding hydrogens is 234 g/mol. The molecule has 0 heterocycles. The van der Waals surface area contributed by atoms with Gasteiger partial charge >= 0.3 is 0 Å². The van der Waals surface area contributed by atoms with Crippen LogP contribution in [0.25, 0.3) is 0 Å². The highest BCUT2D eigenvalue weighted by Gasteiger charge is 1.92. The maximum absolute atomic E-state index is 6.94. The van der Waals surface area contributed by atoms with Crippen LogP contribution < -0.4 is 11.1 Å². The van der Waals surface area contributed by atoms with E-state index in [0.29, 0.717) is 0 Å². The number of nitrogens with two attached hydrogens (primary N) is 1. The summed E-state index contributed by atoms with van der Waals surface area (Å²) < 4.78 is 0. The normalized spacial score (nSPS) is 10.8. The average Bonchev–Trinajstić information content (AvgIpc) is 2.43. The summed E-state index contributed by atoms with van der Waals surface area (Å²) in [6.07, 6.45) is 16.9. The zero-order valence-corrected chi connectivity index (χ0v) is 12.8. The molecule has 0 radical (unpaired) electrons. The molecule has 0 unspecified atom stereocenters. The quantitative estimate of drug-likeness (QED) is 0.294. The van der Waals surface area contributed by atoms with Crippen molar-refractivity contribution >= 4 is 6.21 Å². The van der Waals surface area contributed by atoms with E-state index >= 15 is 0 Å². The van der Waals surface area contributed by atoms with Crippen LogP contribution >= 0.6 is 0 Å². The van der Waals surface area contributed by atoms with Gasteiger partial charge < -0.3 is 16.5 Å². The number of rotatable bonds is 16. The van der Waals surface area contributed by atoms with Crippen molar-refractivity contribution in [1.82, 2.24) is 5.32 Å². The highest BCUT2D eigenvalue weighted by Crippen LogP contribution is 2.05. The number of unbranched alkanes of at least 4 members (excludes halogenated alkanes) is 10. The molecule has 0 aliphatic carbocycles. The zero-order valence-electron chi connectivity index (χ0n) is 12.8. The average molecular weight is 269 g/mol. The predicted molar refractivity (Wildman–Crippen MR) is 86.1 cm³/mol. The lowest BCUT2D eigenvalue weighted by Gasteiger charge is -2.05. The van der Waals surface area contributed by atoms with Gasteiger partial charge in [0.15, 0.2) is 0 Å². The molecule has 0 saturated heterocycles. The zero-order chi connectivity index (χ0) is 14.0. The van der Waals surface area contributed by atoms with Crippen molar-refractivity contribution in [1.29, 1.82) is 5.41 Å². The fraction of sp³-hybridized carbons (Fsp3) is 0.938. The fourth-order valence-electron chi connectivity index (χ4n) is 2.25. The molecule has 0 amide bonds. The standard InChI is InChI=1S/C16H35N3/c17-13-9-5-1-3-7-11-15-19-16-12-8-4-2-6-10-14-18/h13,17,19H,1-12,14-16,18H2. The highest BCUT2D eigenvalue weighted by atomic mass is 14.8. The Morgan fingerprint density at radius 3 is 1.68 bits per heavy atom. The minimum Gasteiger partial charge on any atom is -0.330 e. The van der Waals surface area contributed by atoms with Crippen molar-refractivity contribution in [3.05, 3.63) is 0 Å². The van der Waals surface area contributed by atoms with Crippen molar-refractivity contribution < 1.29 is 0 Å². The van der Waals surface area contributed by atoms with Crippen molar-refractivity contribution in [3.8, 4) is 0 Å². The van der Waals surface area contributed by atoms with E-state index in [-0.39, 0.29) is 0 Å². The van der Waals surface area contributed by atoms with E-state index in [4.69, 9.17) is 11.1 Å². The summed E-state index contributed by atoms with van der Waals surface area (Å²) in [7, 11) is 0. The molecule has 19 heavy (non-hydrogen) atoms. The van der Waals surface area contributed by atoms with Crippen LogP contribution in [0.1, 0.15) is 77.0 Å². The molecule has 0 aromatic heterocycles.